The van der Waals surface area contributed by atoms with Crippen molar-refractivity contribution >= 4 is 18.3 Å². The zero-order valence-corrected chi connectivity index (χ0v) is 21.9. The molecule has 212 valence electrons. The average molecular weight is 578 g/mol. The number of quaternary nitrogens is 1. The Morgan fingerprint density at radius 1 is 0.923 bits per heavy atom. The lowest BCUT2D eigenvalue weighted by Gasteiger charge is -2.32. The van der Waals surface area contributed by atoms with E-state index >= 15 is 0 Å². The molecule has 1 heterocycles. The first-order valence-electron chi connectivity index (χ1n) is 11.6. The second kappa shape index (κ2) is 13.4. The molecule has 1 aromatic heterocycles. The number of ether oxygens (including phenoxy) is 2. The zero-order valence-electron chi connectivity index (χ0n) is 21.1. The second-order valence-electron chi connectivity index (χ2n) is 9.06. The normalized spacial score (nSPS) is 14.3. The third-order valence-corrected chi connectivity index (χ3v) is 5.93. The van der Waals surface area contributed by atoms with Gasteiger partial charge in [-0.3, -0.25) is 4.98 Å². The van der Waals surface area contributed by atoms with Crippen molar-refractivity contribution in [2.24, 2.45) is 0 Å². The first kappa shape index (κ1) is 32.2. The van der Waals surface area contributed by atoms with E-state index in [2.05, 4.69) is 4.98 Å². The summed E-state index contributed by atoms with van der Waals surface area (Å²) >= 11 is 0. The van der Waals surface area contributed by atoms with Crippen molar-refractivity contribution in [3.8, 4) is 0 Å². The first-order valence-corrected chi connectivity index (χ1v) is 11.6. The highest BCUT2D eigenvalue weighted by Crippen LogP contribution is 2.36. The van der Waals surface area contributed by atoms with Gasteiger partial charge in [0.2, 0.25) is 0 Å². The molecular weight excluding hydrogens is 550 g/mol. The molecule has 0 bridgehead atoms. The minimum absolute atomic E-state index is 0. The second-order valence-corrected chi connectivity index (χ2v) is 9.06. The Balaban J connectivity index is 0.00000533. The van der Waals surface area contributed by atoms with E-state index in [4.69, 9.17) is 9.47 Å². The summed E-state index contributed by atoms with van der Waals surface area (Å²) < 4.78 is 90.6. The number of aromatic nitrogens is 1. The minimum atomic E-state index is -4.95. The van der Waals surface area contributed by atoms with Crippen LogP contribution in [-0.4, -0.2) is 35.8 Å². The van der Waals surface area contributed by atoms with Gasteiger partial charge >= 0.3 is 18.3 Å². The van der Waals surface area contributed by atoms with Crippen LogP contribution < -0.4 is 0 Å². The highest BCUT2D eigenvalue weighted by molar-refractivity contribution is 5.85. The molecule has 0 N–H and O–H groups in total. The summed E-state index contributed by atoms with van der Waals surface area (Å²) in [6, 6.07) is 13.7. The van der Waals surface area contributed by atoms with E-state index in [9.17, 15) is 31.1 Å². The summed E-state index contributed by atoms with van der Waals surface area (Å²) in [5.41, 5.74) is -1.62. The molecule has 0 fully saturated rings. The highest BCUT2D eigenvalue weighted by atomic mass is 35.5. The smallest absolute Gasteiger partial charge is 0.374 e. The number of alkyl halides is 6. The predicted octanol–water partition coefficient (Wildman–Crippen LogP) is 6.97. The summed E-state index contributed by atoms with van der Waals surface area (Å²) in [6.45, 7) is 0.991. The fourth-order valence-electron chi connectivity index (χ4n) is 3.69. The first-order chi connectivity index (χ1) is 17.8. The average Bonchev–Trinajstić information content (AvgIpc) is 2.86. The summed E-state index contributed by atoms with van der Waals surface area (Å²) in [4.78, 5) is 16.6. The number of carbonyl (C=O) groups is 1. The van der Waals surface area contributed by atoms with E-state index < -0.39 is 36.2 Å². The van der Waals surface area contributed by atoms with Crippen molar-refractivity contribution in [3.63, 3.8) is 0 Å². The molecule has 0 radical (unpaired) electrons. The molecule has 2 aromatic carbocycles. The van der Waals surface area contributed by atoms with Gasteiger partial charge in [-0.25, -0.2) is 9.28 Å². The molecule has 0 spiro atoms. The van der Waals surface area contributed by atoms with Gasteiger partial charge in [0.15, 0.2) is 6.73 Å². The minimum Gasteiger partial charge on any atom is -0.374 e. The van der Waals surface area contributed by atoms with Crippen LogP contribution in [0.3, 0.4) is 0 Å². The van der Waals surface area contributed by atoms with Gasteiger partial charge in [-0.2, -0.15) is 26.3 Å². The summed E-state index contributed by atoms with van der Waals surface area (Å²) in [7, 11) is 1.69. The quantitative estimate of drug-likeness (QED) is 0.148. The van der Waals surface area contributed by atoms with Gasteiger partial charge in [-0.15, -0.1) is 12.4 Å². The van der Waals surface area contributed by atoms with Gasteiger partial charge in [0, 0.05) is 18.0 Å². The third kappa shape index (κ3) is 9.31. The number of carbonyl (C=O) groups excluding carboxylic acids is 1. The lowest BCUT2D eigenvalue weighted by molar-refractivity contribution is -0.869. The third-order valence-electron chi connectivity index (χ3n) is 5.93. The Hall–Kier alpha value is -2.99. The van der Waals surface area contributed by atoms with Crippen LogP contribution in [0.5, 0.6) is 0 Å². The van der Waals surface area contributed by atoms with Crippen LogP contribution in [0.1, 0.15) is 40.8 Å². The van der Waals surface area contributed by atoms with Crippen LogP contribution in [0, 0.1) is 0 Å². The summed E-state index contributed by atoms with van der Waals surface area (Å²) in [6.07, 6.45) is -7.39. The Kier molecular flexibility index (Phi) is 11.1. The van der Waals surface area contributed by atoms with E-state index in [0.717, 1.165) is 5.56 Å². The Morgan fingerprint density at radius 2 is 1.54 bits per heavy atom. The predicted molar refractivity (Wildman–Crippen MR) is 133 cm³/mol. The molecule has 0 aliphatic carbocycles. The number of hydrogen-bond donors (Lipinski definition) is 0. The molecule has 2 unspecified atom stereocenters. The maximum absolute atomic E-state index is 13.2. The summed E-state index contributed by atoms with van der Waals surface area (Å²) in [5.74, 6) is -0.176. The van der Waals surface area contributed by atoms with Crippen LogP contribution in [0.25, 0.3) is 0 Å². The molecular formula is C27H28ClF6N2O3+. The number of halogens is 7. The van der Waals surface area contributed by atoms with Crippen molar-refractivity contribution in [1.82, 2.24) is 4.98 Å². The molecule has 2 atom stereocenters. The number of pyridine rings is 1. The van der Waals surface area contributed by atoms with Crippen LogP contribution in [0.2, 0.25) is 0 Å². The molecule has 1 amide bonds. The van der Waals surface area contributed by atoms with Gasteiger partial charge in [-0.1, -0.05) is 36.4 Å². The van der Waals surface area contributed by atoms with Crippen LogP contribution in [0.4, 0.5) is 26.3 Å². The zero-order chi connectivity index (χ0) is 28.0. The number of nitrogens with zero attached hydrogens (tertiary/aromatic N) is 2. The van der Waals surface area contributed by atoms with E-state index in [1.54, 1.807) is 55.8 Å². The van der Waals surface area contributed by atoms with E-state index in [0.29, 0.717) is 24.2 Å². The molecule has 3 aromatic rings. The Labute approximate surface area is 228 Å². The SMILES string of the molecule is CC(=O)[N+](C)(COC(COCc1cc(C(F)(F)F)cc(C(F)(F)F)c1)c1ccccc1)Cc1cccnc1.Cl. The molecule has 0 saturated carbocycles. The number of benzene rings is 2. The standard InChI is InChI=1S/C27H27F6N2O3.ClH/c1-19(36)35(2,15-20-7-6-10-34-14-20)18-38-25(22-8-4-3-5-9-22)17-37-16-21-11-23(26(28,29)30)13-24(12-21)27(31,32)33;/h3-14,25H,15-18H2,1-2H3;1H/q+1;. The van der Waals surface area contributed by atoms with Crippen molar-refractivity contribution in [2.75, 3.05) is 20.4 Å². The van der Waals surface area contributed by atoms with Gasteiger partial charge in [0.25, 0.3) is 0 Å². The largest absolute Gasteiger partial charge is 0.416 e. The highest BCUT2D eigenvalue weighted by Gasteiger charge is 2.37. The van der Waals surface area contributed by atoms with Gasteiger partial charge in [0.1, 0.15) is 12.6 Å². The number of amides is 1. The topological polar surface area (TPSA) is 48.4 Å². The lowest BCUT2D eigenvalue weighted by Crippen LogP contribution is -2.49. The van der Waals surface area contributed by atoms with Crippen molar-refractivity contribution < 1.29 is 45.1 Å². The van der Waals surface area contributed by atoms with E-state index in [1.165, 1.54) is 6.92 Å². The van der Waals surface area contributed by atoms with E-state index in [-0.39, 0.29) is 47.8 Å². The van der Waals surface area contributed by atoms with Gasteiger partial charge in [-0.05, 0) is 35.4 Å². The van der Waals surface area contributed by atoms with Crippen molar-refractivity contribution in [2.45, 2.75) is 38.5 Å². The molecule has 12 heteroatoms. The van der Waals surface area contributed by atoms with Crippen LogP contribution in [0.15, 0.2) is 73.1 Å². The van der Waals surface area contributed by atoms with Crippen LogP contribution in [-0.2, 0) is 39.8 Å². The molecule has 0 saturated heterocycles. The fourth-order valence-corrected chi connectivity index (χ4v) is 3.69. The maximum atomic E-state index is 13.2. The molecule has 5 nitrogen and oxygen atoms in total. The molecule has 39 heavy (non-hydrogen) atoms. The van der Waals surface area contributed by atoms with Gasteiger partial charge < -0.3 is 9.47 Å². The maximum Gasteiger partial charge on any atom is 0.416 e. The van der Waals surface area contributed by atoms with Crippen LogP contribution >= 0.6 is 12.4 Å². The Bertz CT molecular complexity index is 1180. The fraction of sp³-hybridized carbons (Fsp3) is 0.333. The molecule has 3 rings (SSSR count). The van der Waals surface area contributed by atoms with Gasteiger partial charge in [0.05, 0.1) is 38.3 Å². The Morgan fingerprint density at radius 3 is 2.05 bits per heavy atom. The number of hydrogen-bond acceptors (Lipinski definition) is 4. The molecule has 0 aliphatic heterocycles. The number of rotatable bonds is 10. The monoisotopic (exact) mass is 577 g/mol. The van der Waals surface area contributed by atoms with Crippen molar-refractivity contribution in [1.29, 1.82) is 0 Å². The summed E-state index contributed by atoms with van der Waals surface area (Å²) in [5, 5.41) is 0. The van der Waals surface area contributed by atoms with Crippen molar-refractivity contribution in [3.05, 3.63) is 101 Å². The molecule has 0 aliphatic rings. The van der Waals surface area contributed by atoms with E-state index in [1.807, 2.05) is 6.07 Å². The lowest BCUT2D eigenvalue weighted by atomic mass is 10.1.